The van der Waals surface area contributed by atoms with Crippen LogP contribution in [0.3, 0.4) is 0 Å². The molecule has 7 nitrogen and oxygen atoms in total. The molecule has 1 aromatic rings. The van der Waals surface area contributed by atoms with Crippen LogP contribution in [0.1, 0.15) is 16.8 Å². The van der Waals surface area contributed by atoms with Crippen LogP contribution in [-0.2, 0) is 9.53 Å². The van der Waals surface area contributed by atoms with Gasteiger partial charge in [0.25, 0.3) is 0 Å². The van der Waals surface area contributed by atoms with Gasteiger partial charge in [0.05, 0.1) is 17.9 Å². The van der Waals surface area contributed by atoms with Crippen LogP contribution >= 0.6 is 0 Å². The normalized spacial score (nSPS) is 22.2. The lowest BCUT2D eigenvalue weighted by Gasteiger charge is -2.21. The average Bonchev–Trinajstić information content (AvgIpc) is 2.80. The van der Waals surface area contributed by atoms with Crippen molar-refractivity contribution in [2.75, 3.05) is 18.5 Å². The van der Waals surface area contributed by atoms with Gasteiger partial charge < -0.3 is 26.0 Å². The zero-order valence-corrected chi connectivity index (χ0v) is 10.0. The van der Waals surface area contributed by atoms with E-state index in [1.165, 1.54) is 18.2 Å². The van der Waals surface area contributed by atoms with Crippen molar-refractivity contribution in [3.05, 3.63) is 23.8 Å². The first-order chi connectivity index (χ1) is 8.92. The lowest BCUT2D eigenvalue weighted by Crippen LogP contribution is -2.51. The van der Waals surface area contributed by atoms with Gasteiger partial charge in [-0.1, -0.05) is 0 Å². The summed E-state index contributed by atoms with van der Waals surface area (Å²) in [5.74, 6) is -1.88. The summed E-state index contributed by atoms with van der Waals surface area (Å²) in [5.41, 5.74) is 4.69. The van der Waals surface area contributed by atoms with E-state index in [2.05, 4.69) is 5.32 Å². The lowest BCUT2D eigenvalue weighted by atomic mass is 9.99. The number of nitrogens with one attached hydrogen (secondary N) is 1. The Morgan fingerprint density at radius 2 is 2.16 bits per heavy atom. The van der Waals surface area contributed by atoms with Gasteiger partial charge in [0.15, 0.2) is 0 Å². The van der Waals surface area contributed by atoms with Crippen molar-refractivity contribution in [1.29, 1.82) is 0 Å². The predicted molar refractivity (Wildman–Crippen MR) is 66.1 cm³/mol. The van der Waals surface area contributed by atoms with Crippen molar-refractivity contribution >= 4 is 17.6 Å². The van der Waals surface area contributed by atoms with E-state index in [9.17, 15) is 14.7 Å². The van der Waals surface area contributed by atoms with Gasteiger partial charge in [0, 0.05) is 6.61 Å². The summed E-state index contributed by atoms with van der Waals surface area (Å²) in [6.45, 7) is 0.489. The summed E-state index contributed by atoms with van der Waals surface area (Å²) in [6.07, 6.45) is 0.373. The molecule has 5 N–H and O–H groups in total. The predicted octanol–water partition coefficient (Wildman–Crippen LogP) is 0.147. The maximum atomic E-state index is 12.0. The molecule has 0 aromatic heterocycles. The van der Waals surface area contributed by atoms with Crippen LogP contribution in [0, 0.1) is 0 Å². The summed E-state index contributed by atoms with van der Waals surface area (Å²) in [6, 6.07) is 3.62. The molecule has 1 heterocycles. The number of anilines is 1. The SMILES string of the molecule is NC1(C(=O)Nc2cc(C(=O)O)ccc2O)CCOC1. The van der Waals surface area contributed by atoms with Crippen molar-refractivity contribution in [3.8, 4) is 5.75 Å². The number of nitrogens with two attached hydrogens (primary N) is 1. The highest BCUT2D eigenvalue weighted by Gasteiger charge is 2.38. The van der Waals surface area contributed by atoms with E-state index < -0.39 is 17.4 Å². The van der Waals surface area contributed by atoms with E-state index in [1.807, 2.05) is 0 Å². The summed E-state index contributed by atoms with van der Waals surface area (Å²) in [7, 11) is 0. The number of hydrogen-bond donors (Lipinski definition) is 4. The second-order valence-electron chi connectivity index (χ2n) is 4.45. The monoisotopic (exact) mass is 266 g/mol. The summed E-state index contributed by atoms with van der Waals surface area (Å²) >= 11 is 0. The fourth-order valence-electron chi connectivity index (χ4n) is 1.78. The molecule has 1 fully saturated rings. The Morgan fingerprint density at radius 1 is 1.42 bits per heavy atom. The molecule has 102 valence electrons. The van der Waals surface area contributed by atoms with Crippen LogP contribution < -0.4 is 11.1 Å². The minimum atomic E-state index is -1.15. The number of carboxylic acid groups (broad SMARTS) is 1. The Kier molecular flexibility index (Phi) is 3.41. The second kappa shape index (κ2) is 4.87. The molecule has 2 rings (SSSR count). The number of aromatic carboxylic acids is 1. The third-order valence-corrected chi connectivity index (χ3v) is 3.00. The molecular weight excluding hydrogens is 252 g/mol. The summed E-state index contributed by atoms with van der Waals surface area (Å²) < 4.78 is 5.07. The fourth-order valence-corrected chi connectivity index (χ4v) is 1.78. The van der Waals surface area contributed by atoms with Crippen LogP contribution in [0.25, 0.3) is 0 Å². The Labute approximate surface area is 109 Å². The van der Waals surface area contributed by atoms with Gasteiger partial charge in [0.2, 0.25) is 5.91 Å². The zero-order valence-electron chi connectivity index (χ0n) is 10.0. The highest BCUT2D eigenvalue weighted by atomic mass is 16.5. The van der Waals surface area contributed by atoms with Crippen molar-refractivity contribution in [1.82, 2.24) is 0 Å². The van der Waals surface area contributed by atoms with Crippen LogP contribution in [0.4, 0.5) is 5.69 Å². The highest BCUT2D eigenvalue weighted by molar-refractivity contribution is 6.00. The van der Waals surface area contributed by atoms with Crippen LogP contribution in [0.2, 0.25) is 0 Å². The van der Waals surface area contributed by atoms with Crippen LogP contribution in [0.5, 0.6) is 5.75 Å². The number of carbonyl (C=O) groups is 2. The number of benzene rings is 1. The van der Waals surface area contributed by atoms with Crippen molar-refractivity contribution < 1.29 is 24.5 Å². The average molecular weight is 266 g/mol. The Bertz CT molecular complexity index is 523. The van der Waals surface area contributed by atoms with Gasteiger partial charge in [-0.2, -0.15) is 0 Å². The molecule has 1 amide bonds. The Hall–Kier alpha value is -2.12. The molecule has 19 heavy (non-hydrogen) atoms. The number of ether oxygens (including phenoxy) is 1. The number of phenols is 1. The molecule has 7 heteroatoms. The second-order valence-corrected chi connectivity index (χ2v) is 4.45. The number of hydrogen-bond acceptors (Lipinski definition) is 5. The van der Waals surface area contributed by atoms with E-state index in [0.717, 1.165) is 0 Å². The molecule has 1 atom stereocenters. The molecule has 1 saturated heterocycles. The molecule has 1 aliphatic heterocycles. The fraction of sp³-hybridized carbons (Fsp3) is 0.333. The van der Waals surface area contributed by atoms with Crippen LogP contribution in [0.15, 0.2) is 18.2 Å². The number of aromatic hydroxyl groups is 1. The molecule has 0 spiro atoms. The van der Waals surface area contributed by atoms with Gasteiger partial charge >= 0.3 is 5.97 Å². The number of carboxylic acids is 1. The molecule has 0 aliphatic carbocycles. The van der Waals surface area contributed by atoms with Gasteiger partial charge in [-0.15, -0.1) is 0 Å². The molecule has 0 bridgehead atoms. The van der Waals surface area contributed by atoms with Gasteiger partial charge in [-0.3, -0.25) is 4.79 Å². The lowest BCUT2D eigenvalue weighted by molar-refractivity contribution is -0.121. The standard InChI is InChI=1S/C12H14N2O5/c13-12(3-4-19-6-12)11(18)14-8-5-7(10(16)17)1-2-9(8)15/h1-2,5,15H,3-4,6,13H2,(H,14,18)(H,16,17). The van der Waals surface area contributed by atoms with E-state index in [1.54, 1.807) is 0 Å². The van der Waals surface area contributed by atoms with Gasteiger partial charge in [-0.25, -0.2) is 4.79 Å². The van der Waals surface area contributed by atoms with E-state index in [4.69, 9.17) is 15.6 Å². The maximum Gasteiger partial charge on any atom is 0.335 e. The van der Waals surface area contributed by atoms with Crippen molar-refractivity contribution in [3.63, 3.8) is 0 Å². The third-order valence-electron chi connectivity index (χ3n) is 3.00. The molecule has 1 unspecified atom stereocenters. The quantitative estimate of drug-likeness (QED) is 0.577. The first-order valence-electron chi connectivity index (χ1n) is 5.67. The third kappa shape index (κ3) is 2.67. The van der Waals surface area contributed by atoms with Crippen molar-refractivity contribution in [2.24, 2.45) is 5.73 Å². The molecule has 1 aliphatic rings. The van der Waals surface area contributed by atoms with Gasteiger partial charge in [-0.05, 0) is 24.6 Å². The maximum absolute atomic E-state index is 12.0. The summed E-state index contributed by atoms with van der Waals surface area (Å²) in [4.78, 5) is 22.8. The van der Waals surface area contributed by atoms with Gasteiger partial charge in [0.1, 0.15) is 11.3 Å². The zero-order chi connectivity index (χ0) is 14.0. The number of amides is 1. The van der Waals surface area contributed by atoms with Crippen molar-refractivity contribution in [2.45, 2.75) is 12.0 Å². The largest absolute Gasteiger partial charge is 0.506 e. The molecular formula is C12H14N2O5. The minimum Gasteiger partial charge on any atom is -0.506 e. The number of phenolic OH excluding ortho intramolecular Hbond substituents is 1. The first kappa shape index (κ1) is 13.3. The Balaban J connectivity index is 2.20. The molecule has 1 aromatic carbocycles. The van der Waals surface area contributed by atoms with Crippen LogP contribution in [-0.4, -0.2) is 40.8 Å². The van der Waals surface area contributed by atoms with E-state index in [0.29, 0.717) is 13.0 Å². The van der Waals surface area contributed by atoms with E-state index >= 15 is 0 Å². The topological polar surface area (TPSA) is 122 Å². The number of rotatable bonds is 3. The highest BCUT2D eigenvalue weighted by Crippen LogP contribution is 2.26. The molecule has 0 radical (unpaired) electrons. The number of carbonyl (C=O) groups excluding carboxylic acids is 1. The minimum absolute atomic E-state index is 0.0154. The summed E-state index contributed by atoms with van der Waals surface area (Å²) in [5, 5.41) is 20.9. The first-order valence-corrected chi connectivity index (χ1v) is 5.67. The van der Waals surface area contributed by atoms with E-state index in [-0.39, 0.29) is 23.6 Å². The Morgan fingerprint density at radius 3 is 2.74 bits per heavy atom. The molecule has 0 saturated carbocycles. The smallest absolute Gasteiger partial charge is 0.335 e.